The molecule has 0 aliphatic rings. The maximum Gasteiger partial charge on any atom is 0.216 e. The molecule has 0 spiro atoms. The summed E-state index contributed by atoms with van der Waals surface area (Å²) >= 11 is 1.61. The molecule has 0 aliphatic carbocycles. The molecule has 0 aromatic carbocycles. The van der Waals surface area contributed by atoms with Crippen LogP contribution in [0.4, 0.5) is 5.82 Å². The minimum absolute atomic E-state index is 0.468. The summed E-state index contributed by atoms with van der Waals surface area (Å²) in [4.78, 5) is 19.1. The predicted molar refractivity (Wildman–Crippen MR) is 78.9 cm³/mol. The van der Waals surface area contributed by atoms with E-state index in [1.807, 2.05) is 6.92 Å². The Hall–Kier alpha value is -2.28. The van der Waals surface area contributed by atoms with E-state index in [0.29, 0.717) is 23.2 Å². The molecular weight excluding hydrogens is 274 g/mol. The van der Waals surface area contributed by atoms with Crippen molar-refractivity contribution in [3.05, 3.63) is 22.8 Å². The van der Waals surface area contributed by atoms with Crippen LogP contribution >= 0.6 is 11.3 Å². The van der Waals surface area contributed by atoms with Crippen LogP contribution in [-0.2, 0) is 0 Å². The molecule has 3 aromatic heterocycles. The molecule has 0 unspecified atom stereocenters. The topological polar surface area (TPSA) is 86.8 Å². The molecule has 0 saturated heterocycles. The first-order valence-corrected chi connectivity index (χ1v) is 6.81. The lowest BCUT2D eigenvalue weighted by Crippen LogP contribution is -1.99. The Morgan fingerprint density at radius 3 is 2.75 bits per heavy atom. The van der Waals surface area contributed by atoms with Gasteiger partial charge in [-0.25, -0.2) is 19.9 Å². The number of anilines is 1. The summed E-state index contributed by atoms with van der Waals surface area (Å²) in [5, 5.41) is 0.928. The van der Waals surface area contributed by atoms with Crippen molar-refractivity contribution < 1.29 is 4.74 Å². The van der Waals surface area contributed by atoms with E-state index in [1.165, 1.54) is 11.2 Å². The van der Waals surface area contributed by atoms with E-state index >= 15 is 0 Å². The normalized spacial score (nSPS) is 10.9. The van der Waals surface area contributed by atoms with Crippen LogP contribution in [0.25, 0.3) is 21.7 Å². The summed E-state index contributed by atoms with van der Waals surface area (Å²) in [5.41, 5.74) is 7.79. The van der Waals surface area contributed by atoms with E-state index < -0.39 is 0 Å². The highest BCUT2D eigenvalue weighted by Crippen LogP contribution is 2.33. The number of nitrogens with zero attached hydrogens (tertiary/aromatic N) is 4. The number of methoxy groups -OCH3 is 1. The van der Waals surface area contributed by atoms with Crippen molar-refractivity contribution in [2.45, 2.75) is 13.8 Å². The standard InChI is InChI=1S/C13H13N5OS/c1-6-7(2)20-13-10(6)11(14)17-12(18-13)8-4-9(19-3)16-5-15-8/h4-5H,1-3H3,(H2,14,17,18). The highest BCUT2D eigenvalue weighted by Gasteiger charge is 2.14. The molecule has 3 heterocycles. The minimum Gasteiger partial charge on any atom is -0.481 e. The van der Waals surface area contributed by atoms with E-state index in [2.05, 4.69) is 26.9 Å². The third kappa shape index (κ3) is 1.96. The van der Waals surface area contributed by atoms with Gasteiger partial charge in [-0.3, -0.25) is 0 Å². The molecule has 0 bridgehead atoms. The zero-order valence-corrected chi connectivity index (χ0v) is 12.2. The summed E-state index contributed by atoms with van der Waals surface area (Å²) in [6.45, 7) is 4.08. The van der Waals surface area contributed by atoms with Crippen LogP contribution in [-0.4, -0.2) is 27.0 Å². The maximum atomic E-state index is 6.06. The molecule has 102 valence electrons. The second kappa shape index (κ2) is 4.68. The maximum absolute atomic E-state index is 6.06. The highest BCUT2D eigenvalue weighted by atomic mass is 32.1. The van der Waals surface area contributed by atoms with Gasteiger partial charge in [0, 0.05) is 10.9 Å². The van der Waals surface area contributed by atoms with E-state index in [1.54, 1.807) is 24.5 Å². The van der Waals surface area contributed by atoms with Gasteiger partial charge in [0.15, 0.2) is 5.82 Å². The van der Waals surface area contributed by atoms with Gasteiger partial charge in [-0.15, -0.1) is 11.3 Å². The molecule has 2 N–H and O–H groups in total. The number of fused-ring (bicyclic) bond motifs is 1. The smallest absolute Gasteiger partial charge is 0.216 e. The van der Waals surface area contributed by atoms with Gasteiger partial charge < -0.3 is 10.5 Å². The van der Waals surface area contributed by atoms with Crippen LogP contribution in [0.2, 0.25) is 0 Å². The fourth-order valence-corrected chi connectivity index (χ4v) is 3.01. The van der Waals surface area contributed by atoms with Crippen LogP contribution < -0.4 is 10.5 Å². The van der Waals surface area contributed by atoms with Gasteiger partial charge >= 0.3 is 0 Å². The zero-order chi connectivity index (χ0) is 14.3. The van der Waals surface area contributed by atoms with E-state index in [-0.39, 0.29) is 0 Å². The van der Waals surface area contributed by atoms with Crippen LogP contribution in [0, 0.1) is 13.8 Å². The van der Waals surface area contributed by atoms with E-state index in [4.69, 9.17) is 10.5 Å². The quantitative estimate of drug-likeness (QED) is 0.778. The Morgan fingerprint density at radius 2 is 2.00 bits per heavy atom. The first-order valence-electron chi connectivity index (χ1n) is 5.99. The number of thiophene rings is 1. The summed E-state index contributed by atoms with van der Waals surface area (Å²) in [6, 6.07) is 1.69. The largest absolute Gasteiger partial charge is 0.481 e. The number of hydrogen-bond acceptors (Lipinski definition) is 7. The molecule has 6 nitrogen and oxygen atoms in total. The Labute approximate surface area is 119 Å². The van der Waals surface area contributed by atoms with Crippen LogP contribution in [0.5, 0.6) is 5.88 Å². The number of ether oxygens (including phenoxy) is 1. The van der Waals surface area contributed by atoms with Gasteiger partial charge in [-0.1, -0.05) is 0 Å². The van der Waals surface area contributed by atoms with Gasteiger partial charge in [-0.2, -0.15) is 0 Å². The molecule has 0 aliphatic heterocycles. The van der Waals surface area contributed by atoms with Crippen LogP contribution in [0.15, 0.2) is 12.4 Å². The number of aromatic nitrogens is 4. The third-order valence-electron chi connectivity index (χ3n) is 3.14. The molecule has 0 saturated carbocycles. The lowest BCUT2D eigenvalue weighted by atomic mass is 10.2. The summed E-state index contributed by atoms with van der Waals surface area (Å²) < 4.78 is 5.08. The van der Waals surface area contributed by atoms with E-state index in [0.717, 1.165) is 15.8 Å². The Bertz CT molecular complexity index is 799. The first kappa shape index (κ1) is 12.7. The molecule has 0 amide bonds. The van der Waals surface area contributed by atoms with Crippen molar-refractivity contribution in [1.82, 2.24) is 19.9 Å². The Kier molecular flexibility index (Phi) is 2.98. The van der Waals surface area contributed by atoms with Crippen molar-refractivity contribution in [3.63, 3.8) is 0 Å². The zero-order valence-electron chi connectivity index (χ0n) is 11.3. The number of aryl methyl sites for hydroxylation is 2. The summed E-state index contributed by atoms with van der Waals surface area (Å²) in [7, 11) is 1.55. The number of nitrogens with two attached hydrogens (primary N) is 1. The fourth-order valence-electron chi connectivity index (χ4n) is 1.97. The molecule has 0 radical (unpaired) electrons. The minimum atomic E-state index is 0.468. The van der Waals surface area contributed by atoms with Gasteiger partial charge in [0.2, 0.25) is 5.88 Å². The number of rotatable bonds is 2. The molecule has 20 heavy (non-hydrogen) atoms. The van der Waals surface area contributed by atoms with Crippen molar-refractivity contribution >= 4 is 27.4 Å². The second-order valence-electron chi connectivity index (χ2n) is 4.34. The molecule has 3 aromatic rings. The van der Waals surface area contributed by atoms with Gasteiger partial charge in [0.05, 0.1) is 12.5 Å². The monoisotopic (exact) mass is 287 g/mol. The fraction of sp³-hybridized carbons (Fsp3) is 0.231. The lowest BCUT2D eigenvalue weighted by Gasteiger charge is -2.04. The SMILES string of the molecule is COc1cc(-c2nc(N)c3c(C)c(C)sc3n2)ncn1. The van der Waals surface area contributed by atoms with Gasteiger partial charge in [0.25, 0.3) is 0 Å². The lowest BCUT2D eigenvalue weighted by molar-refractivity contribution is 0.397. The van der Waals surface area contributed by atoms with Crippen molar-refractivity contribution in [2.75, 3.05) is 12.8 Å². The van der Waals surface area contributed by atoms with Crippen molar-refractivity contribution in [2.24, 2.45) is 0 Å². The molecular formula is C13H13N5OS. The number of hydrogen-bond donors (Lipinski definition) is 1. The predicted octanol–water partition coefficient (Wildman–Crippen LogP) is 2.36. The van der Waals surface area contributed by atoms with Gasteiger partial charge in [0.1, 0.15) is 22.7 Å². The van der Waals surface area contributed by atoms with Crippen molar-refractivity contribution in [1.29, 1.82) is 0 Å². The average Bonchev–Trinajstić information content (AvgIpc) is 2.74. The number of nitrogen functional groups attached to an aromatic ring is 1. The van der Waals surface area contributed by atoms with Gasteiger partial charge in [-0.05, 0) is 19.4 Å². The molecule has 0 fully saturated rings. The Balaban J connectivity index is 2.22. The average molecular weight is 287 g/mol. The van der Waals surface area contributed by atoms with Crippen LogP contribution in [0.3, 0.4) is 0 Å². The highest BCUT2D eigenvalue weighted by molar-refractivity contribution is 7.18. The third-order valence-corrected chi connectivity index (χ3v) is 4.24. The Morgan fingerprint density at radius 1 is 1.20 bits per heavy atom. The summed E-state index contributed by atoms with van der Waals surface area (Å²) in [6.07, 6.45) is 1.42. The molecule has 3 rings (SSSR count). The van der Waals surface area contributed by atoms with E-state index in [9.17, 15) is 0 Å². The van der Waals surface area contributed by atoms with Crippen molar-refractivity contribution in [3.8, 4) is 17.4 Å². The van der Waals surface area contributed by atoms with Crippen LogP contribution in [0.1, 0.15) is 10.4 Å². The molecule has 7 heteroatoms. The second-order valence-corrected chi connectivity index (χ2v) is 5.54. The molecule has 0 atom stereocenters. The first-order chi connectivity index (χ1) is 9.60. The summed E-state index contributed by atoms with van der Waals surface area (Å²) in [5.74, 6) is 1.43.